The first-order valence-corrected chi connectivity index (χ1v) is 63.7. The van der Waals surface area contributed by atoms with Crippen LogP contribution in [0.15, 0.2) is 0 Å². The second kappa shape index (κ2) is 35.6. The van der Waals surface area contributed by atoms with E-state index in [4.69, 9.17) is 47.4 Å². The Labute approximate surface area is 893 Å². The van der Waals surface area contributed by atoms with Gasteiger partial charge in [0.15, 0.2) is 0 Å². The zero-order valence-electron chi connectivity index (χ0n) is 93.0. The molecule has 0 N–H and O–H groups in total. The van der Waals surface area contributed by atoms with E-state index in [1.165, 1.54) is 186 Å². The summed E-state index contributed by atoms with van der Waals surface area (Å²) < 4.78 is 52.3. The van der Waals surface area contributed by atoms with Gasteiger partial charge in [0.2, 0.25) is 0 Å². The van der Waals surface area contributed by atoms with Crippen LogP contribution in [0.5, 0.6) is 0 Å². The Morgan fingerprint density at radius 2 is 0.553 bits per heavy atom. The van der Waals surface area contributed by atoms with E-state index >= 15 is 0 Å². The number of carbonyl (C=O) groups excluding carboxylic acids is 10. The molecular weight excluding hydrogens is 1880 g/mol. The highest BCUT2D eigenvalue weighted by molar-refractivity contribution is 5.83. The van der Waals surface area contributed by atoms with Crippen LogP contribution in [-0.2, 0) is 95.3 Å². The van der Waals surface area contributed by atoms with Gasteiger partial charge in [-0.25, -0.2) is 0 Å². The molecule has 58 unspecified atom stereocenters. The van der Waals surface area contributed by atoms with E-state index in [9.17, 15) is 47.9 Å². The minimum absolute atomic E-state index is 0.0143. The van der Waals surface area contributed by atoms with Gasteiger partial charge in [0, 0.05) is 27.6 Å². The van der Waals surface area contributed by atoms with Crippen molar-refractivity contribution in [2.75, 3.05) is 66.1 Å². The van der Waals surface area contributed by atoms with E-state index in [1.54, 1.807) is 0 Å². The molecule has 28 saturated carbocycles. The lowest BCUT2D eigenvalue weighted by atomic mass is 9.59. The molecule has 20 heteroatoms. The molecule has 38 rings (SSSR count). The molecular formula is C130H184O20. The van der Waals surface area contributed by atoms with Crippen LogP contribution in [0.1, 0.15) is 339 Å². The second-order valence-corrected chi connectivity index (χ2v) is 63.0. The average molecular weight is 2070 g/mol. The molecule has 150 heavy (non-hydrogen) atoms. The lowest BCUT2D eigenvalue weighted by molar-refractivity contribution is -0.152. The van der Waals surface area contributed by atoms with Gasteiger partial charge in [-0.2, -0.15) is 0 Å². The predicted molar refractivity (Wildman–Crippen MR) is 554 cm³/mol. The third kappa shape index (κ3) is 14.6. The SMILES string of the molecule is CC1C2CC(C1C)C1(CCOC1=O)C2.CC1CC2CC1C1(CCOC1=O)C2.CC1CC2CC1C1(COC(=O)C1)C2.CC1CC2CC1C1C(=O)OCC21.CC1CC2CC1C1C2C2CC1C1(CCOC1=O)C2.CC1CC2CC1C1C2C2CC1C1(COC(=O)C1)C2.CC1CC2CC1C1C3CC(C21)C1(CCOC1=O)C3.CC1CC2CC1C1C3CC(C21)C1(COC(=O)C1)C3.CC1CC2CC1CC21CCOC1=O.CC1CC2CC1CC21COC(=O)C1. The average Bonchev–Trinajstić information content (AvgIpc) is 1.50. The summed E-state index contributed by atoms with van der Waals surface area (Å²) in [5, 5.41) is 0. The normalized spacial score (nSPS) is 58.8. The Kier molecular flexibility index (Phi) is 23.8. The maximum atomic E-state index is 12.2. The van der Waals surface area contributed by atoms with Crippen LogP contribution in [-0.4, -0.2) is 126 Å². The number of hydrogen-bond donors (Lipinski definition) is 0. The highest BCUT2D eigenvalue weighted by Crippen LogP contribution is 2.81. The largest absolute Gasteiger partial charge is 0.465 e. The Hall–Kier alpha value is -5.30. The van der Waals surface area contributed by atoms with Crippen LogP contribution in [0.25, 0.3) is 0 Å². The van der Waals surface area contributed by atoms with Crippen LogP contribution >= 0.6 is 0 Å². The van der Waals surface area contributed by atoms with Crippen molar-refractivity contribution in [1.82, 2.24) is 0 Å². The molecule has 10 saturated heterocycles. The molecule has 38 fully saturated rings. The van der Waals surface area contributed by atoms with Crippen molar-refractivity contribution >= 4 is 59.7 Å². The molecule has 0 aromatic heterocycles. The minimum Gasteiger partial charge on any atom is -0.465 e. The monoisotopic (exact) mass is 2070 g/mol. The third-order valence-corrected chi connectivity index (χ3v) is 57.8. The standard InChI is InChI=1S/4C16H22O2.C12H18O2.4C11H16O2.C10H14O2/c1-8-2-9-3-11(8)14-10-4-12(15(9)14)16(5-10)6-13(17)18-7-16;1-8-2-9-3-11(8)15-12-4-10(14(9)15)5-16(12)6-13(17)18-7-16;1-8-4-9-5-11(8)13-10-6-12(14(9)13)16(7-10)2-3-18-15(16)17;1-8-4-9-5-11(8)14-12-6-10(13(9)14)7-16(12)2-3-18-15(16)17;1-7-8(2)10-5-9(7)6-12(10)3-4-14-11(12)13;1-7-2-9-3-8(7)4-11(9)5-10(12)13-6-11;1-7-2-8-3-9(7)11(4-8)5-10(12)13-6-11;1-7-4-9-5-8(7)6-11(9)2-3-13-10(11)12;1-7-4-8-5-9(7)11(6-8)2-3-13-10(11)12;1-5-2-6-3-7(5)9-8(6)4-12-10(9)11/h2*8-12,14-15H,2-7H2,1H3;2*8-14H,2-7H2,1H3;7-10H,3-6H2,1-2H3;4*7-9H,2-6H2,1H3;5-9H,2-4H2,1H3. The lowest BCUT2D eigenvalue weighted by Gasteiger charge is -2.44. The quantitative estimate of drug-likeness (QED) is 0.124. The third-order valence-electron chi connectivity index (χ3n) is 57.8. The van der Waals surface area contributed by atoms with Crippen molar-refractivity contribution in [2.24, 2.45) is 339 Å². The van der Waals surface area contributed by atoms with Crippen molar-refractivity contribution in [3.8, 4) is 0 Å². The number of esters is 10. The number of carbonyl (C=O) groups is 10. The van der Waals surface area contributed by atoms with Gasteiger partial charge in [-0.3, -0.25) is 47.9 Å². The maximum absolute atomic E-state index is 12.2. The molecule has 10 heterocycles. The molecule has 58 atom stereocenters. The first kappa shape index (κ1) is 100. The first-order valence-electron chi connectivity index (χ1n) is 63.7. The Balaban J connectivity index is 0.0000000785. The summed E-state index contributed by atoms with van der Waals surface area (Å²) in [4.78, 5) is 116. The lowest BCUT2D eigenvalue weighted by Crippen LogP contribution is -2.43. The van der Waals surface area contributed by atoms with Gasteiger partial charge in [-0.1, -0.05) is 76.2 Å². The topological polar surface area (TPSA) is 263 Å². The van der Waals surface area contributed by atoms with Crippen LogP contribution in [0.4, 0.5) is 0 Å². The maximum Gasteiger partial charge on any atom is 0.312 e. The van der Waals surface area contributed by atoms with Gasteiger partial charge in [-0.15, -0.1) is 0 Å². The summed E-state index contributed by atoms with van der Waals surface area (Å²) in [5.74, 6) is 43.0. The fourth-order valence-corrected chi connectivity index (χ4v) is 52.6. The minimum atomic E-state index is -0.0450. The molecule has 0 aromatic carbocycles. The molecule has 0 amide bonds. The van der Waals surface area contributed by atoms with Crippen molar-refractivity contribution < 1.29 is 95.3 Å². The fourth-order valence-electron chi connectivity index (χ4n) is 52.6. The van der Waals surface area contributed by atoms with Gasteiger partial charge in [0.1, 0.15) is 0 Å². The highest BCUT2D eigenvalue weighted by atomic mass is 16.6. The smallest absolute Gasteiger partial charge is 0.312 e. The van der Waals surface area contributed by atoms with Crippen LogP contribution < -0.4 is 0 Å². The Bertz CT molecular complexity index is 5400. The van der Waals surface area contributed by atoms with Crippen LogP contribution in [0.2, 0.25) is 0 Å². The summed E-state index contributed by atoms with van der Waals surface area (Å²) in [5.41, 5.74) is 1.02. The molecule has 9 spiro atoms. The summed E-state index contributed by atoms with van der Waals surface area (Å²) in [6.45, 7) is 33.2. The van der Waals surface area contributed by atoms with Crippen molar-refractivity contribution in [3.63, 3.8) is 0 Å². The number of fused-ring (bicyclic) bond motifs is 60. The zero-order chi connectivity index (χ0) is 103. The molecule has 20 nitrogen and oxygen atoms in total. The van der Waals surface area contributed by atoms with Gasteiger partial charge in [0.05, 0.1) is 125 Å². The highest BCUT2D eigenvalue weighted by Gasteiger charge is 2.78. The van der Waals surface area contributed by atoms with Gasteiger partial charge < -0.3 is 47.4 Å². The predicted octanol–water partition coefficient (Wildman–Crippen LogP) is 23.1. The molecule has 0 radical (unpaired) electrons. The van der Waals surface area contributed by atoms with Gasteiger partial charge in [0.25, 0.3) is 0 Å². The van der Waals surface area contributed by atoms with E-state index in [2.05, 4.69) is 76.2 Å². The van der Waals surface area contributed by atoms with Crippen LogP contribution in [0.3, 0.4) is 0 Å². The summed E-state index contributed by atoms with van der Waals surface area (Å²) in [7, 11) is 0. The van der Waals surface area contributed by atoms with Gasteiger partial charge in [-0.05, 0) is 516 Å². The summed E-state index contributed by atoms with van der Waals surface area (Å²) in [6.07, 6.45) is 50.7. The molecule has 0 aromatic rings. The molecule has 38 aliphatic rings. The Morgan fingerprint density at radius 1 is 0.207 bits per heavy atom. The van der Waals surface area contributed by atoms with Crippen molar-refractivity contribution in [1.29, 1.82) is 0 Å². The fraction of sp³-hybridized carbons (Fsp3) is 0.923. The van der Waals surface area contributed by atoms with E-state index in [1.807, 2.05) is 0 Å². The number of ether oxygens (including phenoxy) is 10. The van der Waals surface area contributed by atoms with E-state index in [0.717, 1.165) is 340 Å². The van der Waals surface area contributed by atoms with E-state index in [0.29, 0.717) is 93.2 Å². The van der Waals surface area contributed by atoms with Crippen molar-refractivity contribution in [3.05, 3.63) is 0 Å². The van der Waals surface area contributed by atoms with Crippen LogP contribution in [0, 0.1) is 339 Å². The summed E-state index contributed by atoms with van der Waals surface area (Å²) in [6, 6.07) is 0. The van der Waals surface area contributed by atoms with Crippen molar-refractivity contribution in [2.45, 2.75) is 339 Å². The molecule has 28 aliphatic carbocycles. The van der Waals surface area contributed by atoms with E-state index in [-0.39, 0.29) is 108 Å². The number of hydrogen-bond acceptors (Lipinski definition) is 20. The number of rotatable bonds is 0. The molecule has 10 aliphatic heterocycles. The first-order chi connectivity index (χ1) is 72.0. The zero-order valence-corrected chi connectivity index (χ0v) is 93.0. The Morgan fingerprint density at radius 3 is 0.980 bits per heavy atom. The van der Waals surface area contributed by atoms with Gasteiger partial charge >= 0.3 is 59.7 Å². The molecule has 824 valence electrons. The number of cyclic esters (lactones) is 10. The second-order valence-electron chi connectivity index (χ2n) is 63.0. The molecule has 28 bridgehead atoms. The van der Waals surface area contributed by atoms with E-state index < -0.39 is 0 Å². The summed E-state index contributed by atoms with van der Waals surface area (Å²) >= 11 is 0.